The summed E-state index contributed by atoms with van der Waals surface area (Å²) in [5.74, 6) is -0.893. The minimum absolute atomic E-state index is 0.222. The Kier molecular flexibility index (Phi) is 4.63. The fourth-order valence-electron chi connectivity index (χ4n) is 2.37. The number of benzene rings is 2. The Hall–Kier alpha value is -2.29. The van der Waals surface area contributed by atoms with Crippen LogP contribution in [0.1, 0.15) is 46.4 Å². The van der Waals surface area contributed by atoms with Gasteiger partial charge in [0.05, 0.1) is 11.6 Å². The topological polar surface area (TPSA) is 49.3 Å². The molecule has 3 heteroatoms. The van der Waals surface area contributed by atoms with Crippen LogP contribution in [-0.4, -0.2) is 11.1 Å². The van der Waals surface area contributed by atoms with Crippen LogP contribution in [0.2, 0.25) is 0 Å². The van der Waals surface area contributed by atoms with Crippen molar-refractivity contribution in [3.63, 3.8) is 0 Å². The average molecular weight is 283 g/mol. The zero-order valence-electron chi connectivity index (χ0n) is 12.7. The molecule has 2 aromatic carbocycles. The summed E-state index contributed by atoms with van der Waals surface area (Å²) in [5.41, 5.74) is 4.73. The third kappa shape index (κ3) is 3.63. The monoisotopic (exact) mass is 283 g/mol. The van der Waals surface area contributed by atoms with Gasteiger partial charge in [-0.2, -0.15) is 0 Å². The molecule has 1 unspecified atom stereocenters. The lowest BCUT2D eigenvalue weighted by Crippen LogP contribution is -2.11. The number of rotatable bonds is 5. The van der Waals surface area contributed by atoms with E-state index in [2.05, 4.69) is 43.4 Å². The molecular formula is C18H21NO2. The summed E-state index contributed by atoms with van der Waals surface area (Å²) < 4.78 is 0. The molecule has 0 amide bonds. The van der Waals surface area contributed by atoms with Crippen LogP contribution in [0.15, 0.2) is 42.5 Å². The maximum Gasteiger partial charge on any atom is 0.335 e. The van der Waals surface area contributed by atoms with Gasteiger partial charge in [-0.25, -0.2) is 4.79 Å². The van der Waals surface area contributed by atoms with Gasteiger partial charge in [-0.3, -0.25) is 0 Å². The molecule has 0 heterocycles. The van der Waals surface area contributed by atoms with E-state index >= 15 is 0 Å². The Labute approximate surface area is 125 Å². The average Bonchev–Trinajstić information content (AvgIpc) is 2.47. The Morgan fingerprint density at radius 1 is 1.14 bits per heavy atom. The van der Waals surface area contributed by atoms with Crippen LogP contribution in [0.3, 0.4) is 0 Å². The summed E-state index contributed by atoms with van der Waals surface area (Å²) in [7, 11) is 0. The zero-order chi connectivity index (χ0) is 15.4. The van der Waals surface area contributed by atoms with Gasteiger partial charge in [-0.15, -0.1) is 0 Å². The predicted molar refractivity (Wildman–Crippen MR) is 86.0 cm³/mol. The van der Waals surface area contributed by atoms with E-state index in [4.69, 9.17) is 5.11 Å². The zero-order valence-corrected chi connectivity index (χ0v) is 12.7. The van der Waals surface area contributed by atoms with Crippen molar-refractivity contribution in [2.24, 2.45) is 0 Å². The van der Waals surface area contributed by atoms with Gasteiger partial charge < -0.3 is 10.4 Å². The molecule has 0 aromatic heterocycles. The third-order valence-electron chi connectivity index (χ3n) is 3.69. The molecule has 0 aliphatic heterocycles. The predicted octanol–water partition coefficient (Wildman–Crippen LogP) is 4.56. The maximum atomic E-state index is 11.0. The molecule has 0 bridgehead atoms. The quantitative estimate of drug-likeness (QED) is 0.845. The third-order valence-corrected chi connectivity index (χ3v) is 3.69. The molecule has 0 fully saturated rings. The lowest BCUT2D eigenvalue weighted by Gasteiger charge is -2.20. The second-order valence-electron chi connectivity index (χ2n) is 5.35. The van der Waals surface area contributed by atoms with Gasteiger partial charge >= 0.3 is 5.97 Å². The van der Waals surface area contributed by atoms with Crippen LogP contribution in [0.4, 0.5) is 5.69 Å². The molecule has 0 spiro atoms. The molecule has 0 aliphatic carbocycles. The number of aryl methyl sites for hydroxylation is 2. The van der Waals surface area contributed by atoms with Crippen LogP contribution in [-0.2, 0) is 0 Å². The second kappa shape index (κ2) is 6.44. The number of carboxylic acids is 1. The molecule has 3 nitrogen and oxygen atoms in total. The Bertz CT molecular complexity index is 632. The van der Waals surface area contributed by atoms with Crippen LogP contribution >= 0.6 is 0 Å². The van der Waals surface area contributed by atoms with Crippen molar-refractivity contribution in [3.05, 3.63) is 64.7 Å². The lowest BCUT2D eigenvalue weighted by molar-refractivity contribution is 0.0697. The SMILES string of the molecule is CCC(Nc1ccc(C(=O)O)cc1C)c1ccc(C)cc1. The van der Waals surface area contributed by atoms with Crippen molar-refractivity contribution in [1.29, 1.82) is 0 Å². The summed E-state index contributed by atoms with van der Waals surface area (Å²) in [6, 6.07) is 13.9. The first-order valence-electron chi connectivity index (χ1n) is 7.18. The molecular weight excluding hydrogens is 262 g/mol. The number of carbonyl (C=O) groups is 1. The van der Waals surface area contributed by atoms with Gasteiger partial charge in [0, 0.05) is 5.69 Å². The highest BCUT2D eigenvalue weighted by atomic mass is 16.4. The van der Waals surface area contributed by atoms with E-state index in [0.717, 1.165) is 17.7 Å². The fraction of sp³-hybridized carbons (Fsp3) is 0.278. The second-order valence-corrected chi connectivity index (χ2v) is 5.35. The molecule has 21 heavy (non-hydrogen) atoms. The largest absolute Gasteiger partial charge is 0.478 e. The van der Waals surface area contributed by atoms with E-state index in [1.165, 1.54) is 11.1 Å². The van der Waals surface area contributed by atoms with E-state index in [1.54, 1.807) is 12.1 Å². The first kappa shape index (κ1) is 15.1. The van der Waals surface area contributed by atoms with Crippen molar-refractivity contribution in [3.8, 4) is 0 Å². The van der Waals surface area contributed by atoms with Gasteiger partial charge in [0.1, 0.15) is 0 Å². The Morgan fingerprint density at radius 2 is 1.81 bits per heavy atom. The first-order valence-corrected chi connectivity index (χ1v) is 7.18. The van der Waals surface area contributed by atoms with E-state index in [1.807, 2.05) is 13.0 Å². The summed E-state index contributed by atoms with van der Waals surface area (Å²) in [6.45, 7) is 6.14. The van der Waals surface area contributed by atoms with E-state index in [-0.39, 0.29) is 6.04 Å². The van der Waals surface area contributed by atoms with E-state index in [9.17, 15) is 4.79 Å². The summed E-state index contributed by atoms with van der Waals surface area (Å²) in [4.78, 5) is 11.0. The minimum atomic E-state index is -0.893. The smallest absolute Gasteiger partial charge is 0.335 e. The summed E-state index contributed by atoms with van der Waals surface area (Å²) in [5, 5.41) is 12.5. The number of hydrogen-bond donors (Lipinski definition) is 2. The van der Waals surface area contributed by atoms with Crippen molar-refractivity contribution < 1.29 is 9.90 Å². The molecule has 2 N–H and O–H groups in total. The van der Waals surface area contributed by atoms with Crippen LogP contribution in [0.5, 0.6) is 0 Å². The Balaban J connectivity index is 2.22. The van der Waals surface area contributed by atoms with Crippen molar-refractivity contribution >= 4 is 11.7 Å². The van der Waals surface area contributed by atoms with Gasteiger partial charge in [-0.1, -0.05) is 36.8 Å². The van der Waals surface area contributed by atoms with Crippen LogP contribution < -0.4 is 5.32 Å². The number of carboxylic acid groups (broad SMARTS) is 1. The summed E-state index contributed by atoms with van der Waals surface area (Å²) >= 11 is 0. The maximum absolute atomic E-state index is 11.0. The molecule has 1 atom stereocenters. The lowest BCUT2D eigenvalue weighted by atomic mass is 10.0. The highest BCUT2D eigenvalue weighted by molar-refractivity contribution is 5.88. The van der Waals surface area contributed by atoms with E-state index in [0.29, 0.717) is 5.56 Å². The number of nitrogens with one attached hydrogen (secondary N) is 1. The van der Waals surface area contributed by atoms with Gasteiger partial charge in [-0.05, 0) is 49.6 Å². The first-order chi connectivity index (χ1) is 10.0. The highest BCUT2D eigenvalue weighted by Gasteiger charge is 2.11. The van der Waals surface area contributed by atoms with Crippen molar-refractivity contribution in [2.45, 2.75) is 33.2 Å². The number of aromatic carboxylic acids is 1. The minimum Gasteiger partial charge on any atom is -0.478 e. The van der Waals surface area contributed by atoms with Gasteiger partial charge in [0.25, 0.3) is 0 Å². The number of hydrogen-bond acceptors (Lipinski definition) is 2. The van der Waals surface area contributed by atoms with Gasteiger partial charge in [0.15, 0.2) is 0 Å². The van der Waals surface area contributed by atoms with Crippen molar-refractivity contribution in [2.75, 3.05) is 5.32 Å². The molecule has 0 saturated carbocycles. The molecule has 110 valence electrons. The van der Waals surface area contributed by atoms with Crippen LogP contribution in [0, 0.1) is 13.8 Å². The van der Waals surface area contributed by atoms with E-state index < -0.39 is 5.97 Å². The standard InChI is InChI=1S/C18H21NO2/c1-4-16(14-7-5-12(2)6-8-14)19-17-10-9-15(18(20)21)11-13(17)3/h5-11,16,19H,4H2,1-3H3,(H,20,21). The molecule has 2 rings (SSSR count). The fourth-order valence-corrected chi connectivity index (χ4v) is 2.37. The summed E-state index contributed by atoms with van der Waals surface area (Å²) in [6.07, 6.45) is 0.961. The molecule has 0 saturated heterocycles. The number of anilines is 1. The Morgan fingerprint density at radius 3 is 2.33 bits per heavy atom. The van der Waals surface area contributed by atoms with Crippen LogP contribution in [0.25, 0.3) is 0 Å². The van der Waals surface area contributed by atoms with Gasteiger partial charge in [0.2, 0.25) is 0 Å². The normalized spacial score (nSPS) is 12.0. The molecule has 0 aliphatic rings. The van der Waals surface area contributed by atoms with Crippen molar-refractivity contribution in [1.82, 2.24) is 0 Å². The molecule has 2 aromatic rings. The highest BCUT2D eigenvalue weighted by Crippen LogP contribution is 2.25. The molecule has 0 radical (unpaired) electrons.